The van der Waals surface area contributed by atoms with E-state index >= 15 is 0 Å². The third-order valence-electron chi connectivity index (χ3n) is 4.08. The zero-order chi connectivity index (χ0) is 17.2. The molecule has 0 radical (unpaired) electrons. The highest BCUT2D eigenvalue weighted by Crippen LogP contribution is 2.16. The molecule has 24 heavy (non-hydrogen) atoms. The molecule has 1 saturated heterocycles. The Labute approximate surface area is 143 Å². The quantitative estimate of drug-likeness (QED) is 0.748. The van der Waals surface area contributed by atoms with E-state index in [0.29, 0.717) is 18.7 Å². The summed E-state index contributed by atoms with van der Waals surface area (Å²) >= 11 is 0. The second-order valence-electron chi connectivity index (χ2n) is 5.98. The smallest absolute Gasteiger partial charge is 0.253 e. The molecule has 1 aromatic rings. The number of amides is 2. The third-order valence-corrected chi connectivity index (χ3v) is 4.08. The molecule has 0 aliphatic carbocycles. The molecule has 1 aliphatic heterocycles. The van der Waals surface area contributed by atoms with Crippen molar-refractivity contribution in [3.05, 3.63) is 29.8 Å². The maximum Gasteiger partial charge on any atom is 0.253 e. The van der Waals surface area contributed by atoms with Crippen molar-refractivity contribution in [2.24, 2.45) is 0 Å². The van der Waals surface area contributed by atoms with Crippen LogP contribution in [0.3, 0.4) is 0 Å². The van der Waals surface area contributed by atoms with Gasteiger partial charge >= 0.3 is 0 Å². The van der Waals surface area contributed by atoms with Crippen LogP contribution in [-0.4, -0.2) is 56.6 Å². The fourth-order valence-corrected chi connectivity index (χ4v) is 2.76. The van der Waals surface area contributed by atoms with Gasteiger partial charge in [0.2, 0.25) is 5.91 Å². The number of methoxy groups -OCH3 is 1. The van der Waals surface area contributed by atoms with Gasteiger partial charge in [-0.2, -0.15) is 0 Å². The predicted molar refractivity (Wildman–Crippen MR) is 94.2 cm³/mol. The summed E-state index contributed by atoms with van der Waals surface area (Å²) in [4.78, 5) is 26.2. The van der Waals surface area contributed by atoms with Crippen molar-refractivity contribution in [3.63, 3.8) is 0 Å². The average Bonchev–Trinajstić information content (AvgIpc) is 2.89. The van der Waals surface area contributed by atoms with Gasteiger partial charge in [-0.25, -0.2) is 0 Å². The summed E-state index contributed by atoms with van der Waals surface area (Å²) in [5.41, 5.74) is 1.44. The summed E-state index contributed by atoms with van der Waals surface area (Å²) in [5, 5.41) is 5.81. The number of likely N-dealkylation sites (tertiary alicyclic amines) is 1. The van der Waals surface area contributed by atoms with Gasteiger partial charge in [0, 0.05) is 38.0 Å². The van der Waals surface area contributed by atoms with Gasteiger partial charge in [0.15, 0.2) is 0 Å². The molecule has 1 heterocycles. The van der Waals surface area contributed by atoms with Crippen LogP contribution >= 0.6 is 0 Å². The zero-order valence-corrected chi connectivity index (χ0v) is 14.3. The van der Waals surface area contributed by atoms with Gasteiger partial charge in [0.1, 0.15) is 0 Å². The number of anilines is 1. The Morgan fingerprint density at radius 1 is 1.17 bits per heavy atom. The number of nitrogens with zero attached hydrogens (tertiary/aromatic N) is 1. The summed E-state index contributed by atoms with van der Waals surface area (Å²) in [6, 6.07) is 7.35. The number of carbonyl (C=O) groups excluding carboxylic acids is 2. The lowest BCUT2D eigenvalue weighted by atomic mass is 10.1. The van der Waals surface area contributed by atoms with Gasteiger partial charge in [-0.3, -0.25) is 9.59 Å². The molecule has 132 valence electrons. The minimum absolute atomic E-state index is 0.0742. The number of benzene rings is 1. The molecule has 0 unspecified atom stereocenters. The first-order valence-electron chi connectivity index (χ1n) is 8.59. The number of carbonyl (C=O) groups is 2. The van der Waals surface area contributed by atoms with Gasteiger partial charge in [-0.1, -0.05) is 18.9 Å². The van der Waals surface area contributed by atoms with Crippen molar-refractivity contribution in [2.75, 3.05) is 45.2 Å². The Morgan fingerprint density at radius 3 is 2.62 bits per heavy atom. The lowest BCUT2D eigenvalue weighted by Crippen LogP contribution is -2.32. The minimum Gasteiger partial charge on any atom is -0.383 e. The molecule has 2 amide bonds. The van der Waals surface area contributed by atoms with Crippen LogP contribution in [0.2, 0.25) is 0 Å². The van der Waals surface area contributed by atoms with Crippen LogP contribution in [0.15, 0.2) is 24.3 Å². The topological polar surface area (TPSA) is 70.7 Å². The van der Waals surface area contributed by atoms with Gasteiger partial charge in [-0.05, 0) is 31.0 Å². The lowest BCUT2D eigenvalue weighted by molar-refractivity contribution is -0.119. The van der Waals surface area contributed by atoms with Gasteiger partial charge < -0.3 is 20.3 Å². The van der Waals surface area contributed by atoms with E-state index in [9.17, 15) is 9.59 Å². The summed E-state index contributed by atoms with van der Waals surface area (Å²) in [6.45, 7) is 2.82. The Bertz CT molecular complexity index is 540. The molecular formula is C18H27N3O3. The molecule has 2 N–H and O–H groups in total. The fraction of sp³-hybridized carbons (Fsp3) is 0.556. The number of hydrogen-bond donors (Lipinski definition) is 2. The molecule has 0 aromatic heterocycles. The maximum atomic E-state index is 12.6. The molecule has 0 atom stereocenters. The SMILES string of the molecule is COCCNC(=O)CNc1cccc(C(=O)N2CCCCCC2)c1. The van der Waals surface area contributed by atoms with Crippen LogP contribution in [0.25, 0.3) is 0 Å². The van der Waals surface area contributed by atoms with Crippen molar-refractivity contribution >= 4 is 17.5 Å². The van der Waals surface area contributed by atoms with Crippen molar-refractivity contribution in [1.82, 2.24) is 10.2 Å². The highest BCUT2D eigenvalue weighted by atomic mass is 16.5. The zero-order valence-electron chi connectivity index (χ0n) is 14.3. The van der Waals surface area contributed by atoms with E-state index in [1.54, 1.807) is 7.11 Å². The van der Waals surface area contributed by atoms with Crippen LogP contribution in [0.5, 0.6) is 0 Å². The van der Waals surface area contributed by atoms with Crippen molar-refractivity contribution < 1.29 is 14.3 Å². The molecular weight excluding hydrogens is 306 g/mol. The van der Waals surface area contributed by atoms with Crippen LogP contribution in [0.1, 0.15) is 36.0 Å². The molecule has 6 nitrogen and oxygen atoms in total. The third kappa shape index (κ3) is 5.85. The first-order valence-corrected chi connectivity index (χ1v) is 8.59. The summed E-state index contributed by atoms with van der Waals surface area (Å²) in [5.74, 6) is -0.0265. The number of rotatable bonds is 7. The number of hydrogen-bond acceptors (Lipinski definition) is 4. The Hall–Kier alpha value is -2.08. The largest absolute Gasteiger partial charge is 0.383 e. The van der Waals surface area contributed by atoms with E-state index < -0.39 is 0 Å². The maximum absolute atomic E-state index is 12.6. The second kappa shape index (κ2) is 9.93. The Kier molecular flexibility index (Phi) is 7.55. The molecule has 0 spiro atoms. The molecule has 1 aliphatic rings. The van der Waals surface area contributed by atoms with Crippen LogP contribution in [-0.2, 0) is 9.53 Å². The van der Waals surface area contributed by atoms with Gasteiger partial charge in [-0.15, -0.1) is 0 Å². The summed E-state index contributed by atoms with van der Waals surface area (Å²) < 4.78 is 4.89. The predicted octanol–water partition coefficient (Wildman–Crippen LogP) is 1.88. The molecule has 1 aromatic carbocycles. The van der Waals surface area contributed by atoms with Crippen LogP contribution < -0.4 is 10.6 Å². The van der Waals surface area contributed by atoms with Crippen molar-refractivity contribution in [3.8, 4) is 0 Å². The fourth-order valence-electron chi connectivity index (χ4n) is 2.76. The van der Waals surface area contributed by atoms with E-state index in [1.807, 2.05) is 29.2 Å². The Morgan fingerprint density at radius 2 is 1.92 bits per heavy atom. The first kappa shape index (κ1) is 18.3. The van der Waals surface area contributed by atoms with E-state index in [-0.39, 0.29) is 18.4 Å². The molecule has 0 bridgehead atoms. The number of nitrogens with one attached hydrogen (secondary N) is 2. The van der Waals surface area contributed by atoms with Crippen LogP contribution in [0.4, 0.5) is 5.69 Å². The van der Waals surface area contributed by atoms with E-state index in [0.717, 1.165) is 31.6 Å². The monoisotopic (exact) mass is 333 g/mol. The van der Waals surface area contributed by atoms with Crippen molar-refractivity contribution in [1.29, 1.82) is 0 Å². The first-order chi connectivity index (χ1) is 11.7. The van der Waals surface area contributed by atoms with Gasteiger partial charge in [0.05, 0.1) is 13.2 Å². The molecule has 0 saturated carbocycles. The van der Waals surface area contributed by atoms with Gasteiger partial charge in [0.25, 0.3) is 5.91 Å². The van der Waals surface area contributed by atoms with E-state index in [2.05, 4.69) is 10.6 Å². The van der Waals surface area contributed by atoms with E-state index in [4.69, 9.17) is 4.74 Å². The highest BCUT2D eigenvalue weighted by molar-refractivity contribution is 5.95. The normalized spacial score (nSPS) is 14.8. The van der Waals surface area contributed by atoms with Crippen molar-refractivity contribution in [2.45, 2.75) is 25.7 Å². The summed E-state index contributed by atoms with van der Waals surface area (Å²) in [7, 11) is 1.59. The minimum atomic E-state index is -0.101. The molecule has 6 heteroatoms. The van der Waals surface area contributed by atoms with Crippen LogP contribution in [0, 0.1) is 0 Å². The average molecular weight is 333 g/mol. The number of ether oxygens (including phenoxy) is 1. The standard InChI is InChI=1S/C18H27N3O3/c1-24-12-9-19-17(22)14-20-16-8-6-7-15(13-16)18(23)21-10-4-2-3-5-11-21/h6-8,13,20H,2-5,9-12,14H2,1H3,(H,19,22). The molecule has 1 fully saturated rings. The highest BCUT2D eigenvalue weighted by Gasteiger charge is 2.17. The lowest BCUT2D eigenvalue weighted by Gasteiger charge is -2.20. The second-order valence-corrected chi connectivity index (χ2v) is 5.98. The summed E-state index contributed by atoms with van der Waals surface area (Å²) in [6.07, 6.45) is 4.55. The Balaban J connectivity index is 1.88. The van der Waals surface area contributed by atoms with E-state index in [1.165, 1.54) is 12.8 Å². The molecule has 2 rings (SSSR count).